The lowest BCUT2D eigenvalue weighted by Gasteiger charge is -2.45. The highest BCUT2D eigenvalue weighted by Crippen LogP contribution is 2.29. The number of aliphatic hydroxyl groups is 7. The van der Waals surface area contributed by atoms with Gasteiger partial charge in [-0.05, 0) is 12.2 Å². The summed E-state index contributed by atoms with van der Waals surface area (Å²) < 4.78 is 22.2. The van der Waals surface area contributed by atoms with Gasteiger partial charge in [-0.2, -0.15) is 11.8 Å². The molecule has 0 bridgehead atoms. The molecule has 0 unspecified atom stereocenters. The molecule has 0 aromatic rings. The van der Waals surface area contributed by atoms with Crippen LogP contribution in [0.1, 0.15) is 110 Å². The third-order valence-electron chi connectivity index (χ3n) is 8.61. The first-order chi connectivity index (χ1) is 21.3. The van der Waals surface area contributed by atoms with E-state index in [0.717, 1.165) is 12.2 Å². The largest absolute Gasteiger partial charge is 0.394 e. The summed E-state index contributed by atoms with van der Waals surface area (Å²) in [4.78, 5) is 0. The maximum absolute atomic E-state index is 10.7. The van der Waals surface area contributed by atoms with E-state index in [-0.39, 0.29) is 6.61 Å². The van der Waals surface area contributed by atoms with Crippen molar-refractivity contribution in [2.45, 2.75) is 171 Å². The van der Waals surface area contributed by atoms with E-state index in [9.17, 15) is 35.7 Å². The second kappa shape index (κ2) is 24.1. The maximum atomic E-state index is 10.7. The number of hydrogen-bond acceptors (Lipinski definition) is 12. The zero-order chi connectivity index (χ0) is 32.2. The minimum absolute atomic E-state index is 0.286. The molecule has 2 rings (SSSR count). The molecule has 0 aromatic carbocycles. The van der Waals surface area contributed by atoms with Gasteiger partial charge in [0.05, 0.1) is 19.8 Å². The van der Waals surface area contributed by atoms with Gasteiger partial charge in [0.25, 0.3) is 0 Å². The fraction of sp³-hybridized carbons (Fsp3) is 1.00. The zero-order valence-corrected chi connectivity index (χ0v) is 27.6. The molecule has 2 aliphatic heterocycles. The zero-order valence-electron chi connectivity index (χ0n) is 26.8. The monoisotopic (exact) mass is 654 g/mol. The minimum atomic E-state index is -1.70. The second-order valence-electron chi connectivity index (χ2n) is 12.3. The number of unbranched alkanes of at least 4 members (excludes halogenated alkanes) is 15. The van der Waals surface area contributed by atoms with Crippen LogP contribution in [0.5, 0.6) is 0 Å². The molecule has 262 valence electrons. The van der Waals surface area contributed by atoms with Crippen molar-refractivity contribution in [3.8, 4) is 0 Å². The standard InChI is InChI=1S/C32H62O11S/c1-2-3-4-5-6-7-8-9-10-11-12-13-14-15-16-17-19-44-20-18-40-31-29(39)27(37)30(24(22-34)42-31)43-32-28(38)26(36)25(35)23(21-33)41-32/h23-39H,2-22H2,1H3/t23-,24-,25+,26+,27-,28-,29-,30+,31-,32-/m1/s1. The molecular formula is C32H62O11S. The Kier molecular flexibility index (Phi) is 22.0. The minimum Gasteiger partial charge on any atom is -0.394 e. The van der Waals surface area contributed by atoms with Crippen LogP contribution in [-0.2, 0) is 18.9 Å². The predicted molar refractivity (Wildman–Crippen MR) is 169 cm³/mol. The Labute approximate surface area is 268 Å². The lowest BCUT2D eigenvalue weighted by Crippen LogP contribution is -2.64. The third kappa shape index (κ3) is 14.4. The average molecular weight is 655 g/mol. The quantitative estimate of drug-likeness (QED) is 0.0717. The topological polar surface area (TPSA) is 179 Å². The third-order valence-corrected chi connectivity index (χ3v) is 9.65. The highest BCUT2D eigenvalue weighted by atomic mass is 32.2. The Balaban J connectivity index is 1.49. The molecular weight excluding hydrogens is 592 g/mol. The molecule has 0 amide bonds. The first-order valence-electron chi connectivity index (χ1n) is 17.1. The van der Waals surface area contributed by atoms with Gasteiger partial charge in [0, 0.05) is 5.75 Å². The number of aliphatic hydroxyl groups excluding tert-OH is 7. The number of ether oxygens (including phenoxy) is 4. The van der Waals surface area contributed by atoms with E-state index >= 15 is 0 Å². The van der Waals surface area contributed by atoms with Crippen LogP contribution >= 0.6 is 11.8 Å². The maximum Gasteiger partial charge on any atom is 0.187 e. The van der Waals surface area contributed by atoms with Gasteiger partial charge < -0.3 is 54.7 Å². The summed E-state index contributed by atoms with van der Waals surface area (Å²) in [6.07, 6.45) is 7.12. The summed E-state index contributed by atoms with van der Waals surface area (Å²) in [6, 6.07) is 0. The molecule has 44 heavy (non-hydrogen) atoms. The van der Waals surface area contributed by atoms with Crippen LogP contribution in [-0.4, -0.2) is 128 Å². The van der Waals surface area contributed by atoms with Crippen LogP contribution < -0.4 is 0 Å². The molecule has 0 aliphatic carbocycles. The Bertz CT molecular complexity index is 689. The van der Waals surface area contributed by atoms with Gasteiger partial charge in [-0.1, -0.05) is 103 Å². The van der Waals surface area contributed by atoms with Crippen molar-refractivity contribution in [2.24, 2.45) is 0 Å². The summed E-state index contributed by atoms with van der Waals surface area (Å²) >= 11 is 1.76. The normalized spacial score (nSPS) is 32.7. The molecule has 0 spiro atoms. The fourth-order valence-electron chi connectivity index (χ4n) is 5.77. The summed E-state index contributed by atoms with van der Waals surface area (Å²) in [5, 5.41) is 70.6. The lowest BCUT2D eigenvalue weighted by molar-refractivity contribution is -0.359. The van der Waals surface area contributed by atoms with Crippen molar-refractivity contribution in [1.29, 1.82) is 0 Å². The fourth-order valence-corrected chi connectivity index (χ4v) is 6.60. The SMILES string of the molecule is CCCCCCCCCCCCCCCCCCSCCO[C@@H]1O[C@H](CO)[C@H](O[C@H]2O[C@H](CO)[C@H](O)[C@H](O)[C@H]2O)[C@H](O)[C@H]1O. The van der Waals surface area contributed by atoms with E-state index in [1.54, 1.807) is 11.8 Å². The van der Waals surface area contributed by atoms with Crippen molar-refractivity contribution >= 4 is 11.8 Å². The van der Waals surface area contributed by atoms with Crippen LogP contribution in [0.4, 0.5) is 0 Å². The van der Waals surface area contributed by atoms with Gasteiger partial charge in [0.15, 0.2) is 12.6 Å². The number of thioether (sulfide) groups is 1. The van der Waals surface area contributed by atoms with Crippen LogP contribution in [0.15, 0.2) is 0 Å². The van der Waals surface area contributed by atoms with E-state index in [1.807, 2.05) is 0 Å². The summed E-state index contributed by atoms with van der Waals surface area (Å²) in [7, 11) is 0. The molecule has 0 aromatic heterocycles. The predicted octanol–water partition coefficient (Wildman–Crippen LogP) is 2.62. The van der Waals surface area contributed by atoms with Crippen molar-refractivity contribution in [1.82, 2.24) is 0 Å². The molecule has 2 aliphatic rings. The van der Waals surface area contributed by atoms with Crippen LogP contribution in [0.3, 0.4) is 0 Å². The highest BCUT2D eigenvalue weighted by molar-refractivity contribution is 7.99. The molecule has 2 saturated heterocycles. The average Bonchev–Trinajstić information content (AvgIpc) is 3.03. The Morgan fingerprint density at radius 1 is 0.523 bits per heavy atom. The molecule has 11 nitrogen and oxygen atoms in total. The molecule has 2 heterocycles. The number of hydrogen-bond donors (Lipinski definition) is 7. The van der Waals surface area contributed by atoms with Crippen molar-refractivity contribution in [3.05, 3.63) is 0 Å². The van der Waals surface area contributed by atoms with Crippen molar-refractivity contribution in [2.75, 3.05) is 31.3 Å². The van der Waals surface area contributed by atoms with Crippen molar-refractivity contribution in [3.63, 3.8) is 0 Å². The molecule has 2 fully saturated rings. The second-order valence-corrected chi connectivity index (χ2v) is 13.5. The van der Waals surface area contributed by atoms with E-state index in [1.165, 1.54) is 96.3 Å². The molecule has 0 radical (unpaired) electrons. The Hall–Kier alpha value is -0.0900. The van der Waals surface area contributed by atoms with Gasteiger partial charge in [-0.3, -0.25) is 0 Å². The Morgan fingerprint density at radius 2 is 1.00 bits per heavy atom. The van der Waals surface area contributed by atoms with Crippen LogP contribution in [0.2, 0.25) is 0 Å². The Morgan fingerprint density at radius 3 is 1.52 bits per heavy atom. The van der Waals surface area contributed by atoms with E-state index in [4.69, 9.17) is 18.9 Å². The first kappa shape index (κ1) is 40.1. The van der Waals surface area contributed by atoms with Gasteiger partial charge in [-0.25, -0.2) is 0 Å². The van der Waals surface area contributed by atoms with Crippen LogP contribution in [0, 0.1) is 0 Å². The highest BCUT2D eigenvalue weighted by Gasteiger charge is 2.50. The molecule has 7 N–H and O–H groups in total. The molecule has 12 heteroatoms. The first-order valence-corrected chi connectivity index (χ1v) is 18.3. The summed E-state index contributed by atoms with van der Waals surface area (Å²) in [5.41, 5.74) is 0. The van der Waals surface area contributed by atoms with Gasteiger partial charge in [0.1, 0.15) is 48.8 Å². The molecule has 10 atom stereocenters. The van der Waals surface area contributed by atoms with Gasteiger partial charge in [-0.15, -0.1) is 0 Å². The van der Waals surface area contributed by atoms with E-state index in [0.29, 0.717) is 5.75 Å². The summed E-state index contributed by atoms with van der Waals surface area (Å²) in [5.74, 6) is 1.71. The lowest BCUT2D eigenvalue weighted by atomic mass is 9.97. The summed E-state index contributed by atoms with van der Waals surface area (Å²) in [6.45, 7) is 1.32. The smallest absolute Gasteiger partial charge is 0.187 e. The molecule has 0 saturated carbocycles. The van der Waals surface area contributed by atoms with Gasteiger partial charge >= 0.3 is 0 Å². The van der Waals surface area contributed by atoms with Gasteiger partial charge in [0.2, 0.25) is 0 Å². The van der Waals surface area contributed by atoms with Crippen molar-refractivity contribution < 1.29 is 54.7 Å². The van der Waals surface area contributed by atoms with E-state index < -0.39 is 74.6 Å². The van der Waals surface area contributed by atoms with Crippen LogP contribution in [0.25, 0.3) is 0 Å². The van der Waals surface area contributed by atoms with E-state index in [2.05, 4.69) is 6.92 Å². The number of rotatable bonds is 25.